The molecule has 2 unspecified atom stereocenters. The summed E-state index contributed by atoms with van der Waals surface area (Å²) in [6, 6.07) is 0.882. The normalized spacial score (nSPS) is 42.2. The van der Waals surface area contributed by atoms with Gasteiger partial charge < -0.3 is 9.64 Å². The van der Waals surface area contributed by atoms with Crippen LogP contribution in [0.1, 0.15) is 59.8 Å². The summed E-state index contributed by atoms with van der Waals surface area (Å²) < 4.78 is 5.58. The van der Waals surface area contributed by atoms with Gasteiger partial charge in [-0.2, -0.15) is 0 Å². The Bertz CT molecular complexity index is 355. The van der Waals surface area contributed by atoms with Crippen LogP contribution in [0.2, 0.25) is 0 Å². The van der Waals surface area contributed by atoms with Crippen LogP contribution in [0, 0.1) is 11.3 Å². The Morgan fingerprint density at radius 1 is 1.17 bits per heavy atom. The second kappa shape index (κ2) is 3.64. The smallest absolute Gasteiger partial charge is 0.410 e. The Morgan fingerprint density at radius 3 is 2.17 bits per heavy atom. The van der Waals surface area contributed by atoms with Crippen LogP contribution in [0.3, 0.4) is 0 Å². The van der Waals surface area contributed by atoms with Gasteiger partial charge in [-0.15, -0.1) is 0 Å². The highest BCUT2D eigenvalue weighted by molar-refractivity contribution is 5.69. The molecule has 0 radical (unpaired) electrons. The van der Waals surface area contributed by atoms with E-state index >= 15 is 0 Å². The molecule has 0 aromatic heterocycles. The summed E-state index contributed by atoms with van der Waals surface area (Å²) >= 11 is 0. The number of ether oxygens (including phenoxy) is 1. The van der Waals surface area contributed by atoms with Crippen LogP contribution < -0.4 is 0 Å². The van der Waals surface area contributed by atoms with Gasteiger partial charge in [0.05, 0.1) is 0 Å². The summed E-state index contributed by atoms with van der Waals surface area (Å²) in [5.41, 5.74) is 0.116. The van der Waals surface area contributed by atoms with E-state index in [4.69, 9.17) is 4.74 Å². The number of rotatable bonds is 0. The van der Waals surface area contributed by atoms with E-state index in [1.54, 1.807) is 0 Å². The van der Waals surface area contributed by atoms with Gasteiger partial charge in [-0.25, -0.2) is 4.79 Å². The minimum absolute atomic E-state index is 0.0834. The van der Waals surface area contributed by atoms with Crippen LogP contribution in [0.4, 0.5) is 4.79 Å². The molecule has 0 aromatic rings. The fraction of sp³-hybridized carbons (Fsp3) is 0.933. The molecule has 4 rings (SSSR count). The quantitative estimate of drug-likeness (QED) is 0.658. The molecule has 2 atom stereocenters. The van der Waals surface area contributed by atoms with Crippen LogP contribution in [-0.4, -0.2) is 28.7 Å². The average molecular weight is 251 g/mol. The van der Waals surface area contributed by atoms with Crippen LogP contribution >= 0.6 is 0 Å². The lowest BCUT2D eigenvalue weighted by atomic mass is 9.56. The fourth-order valence-corrected chi connectivity index (χ4v) is 4.62. The first-order chi connectivity index (χ1) is 8.26. The lowest BCUT2D eigenvalue weighted by Gasteiger charge is -2.60. The summed E-state index contributed by atoms with van der Waals surface area (Å²) in [5.74, 6) is 0.853. The van der Waals surface area contributed by atoms with E-state index in [0.29, 0.717) is 17.5 Å². The first-order valence-electron chi connectivity index (χ1n) is 7.27. The molecule has 0 spiro atoms. The van der Waals surface area contributed by atoms with Crippen molar-refractivity contribution in [1.82, 2.24) is 4.90 Å². The van der Waals surface area contributed by atoms with Gasteiger partial charge in [0, 0.05) is 12.1 Å². The fourth-order valence-electron chi connectivity index (χ4n) is 4.62. The maximum atomic E-state index is 12.4. The van der Waals surface area contributed by atoms with E-state index in [1.807, 2.05) is 20.8 Å². The van der Waals surface area contributed by atoms with Gasteiger partial charge in [-0.1, -0.05) is 6.92 Å². The van der Waals surface area contributed by atoms with E-state index in [1.165, 1.54) is 32.1 Å². The van der Waals surface area contributed by atoms with Gasteiger partial charge in [0.2, 0.25) is 0 Å². The average Bonchev–Trinajstić information content (AvgIpc) is 2.09. The van der Waals surface area contributed by atoms with Crippen molar-refractivity contribution in [3.8, 4) is 0 Å². The Balaban J connectivity index is 1.77. The molecule has 2 saturated carbocycles. The minimum atomic E-state index is -0.379. The maximum absolute atomic E-state index is 12.4. The van der Waals surface area contributed by atoms with Crippen LogP contribution in [0.15, 0.2) is 0 Å². The largest absolute Gasteiger partial charge is 0.444 e. The van der Waals surface area contributed by atoms with E-state index in [-0.39, 0.29) is 11.7 Å². The molecule has 3 nitrogen and oxygen atoms in total. The molecule has 1 amide bonds. The summed E-state index contributed by atoms with van der Waals surface area (Å²) in [6.45, 7) is 8.25. The van der Waals surface area contributed by atoms with E-state index < -0.39 is 0 Å². The van der Waals surface area contributed by atoms with Crippen molar-refractivity contribution in [2.45, 2.75) is 77.5 Å². The molecule has 0 N–H and O–H groups in total. The van der Waals surface area contributed by atoms with E-state index in [2.05, 4.69) is 11.8 Å². The third-order valence-electron chi connectivity index (χ3n) is 4.84. The van der Waals surface area contributed by atoms with Gasteiger partial charge in [0.25, 0.3) is 0 Å². The topological polar surface area (TPSA) is 29.5 Å². The van der Waals surface area contributed by atoms with Gasteiger partial charge in [-0.3, -0.25) is 0 Å². The van der Waals surface area contributed by atoms with Crippen molar-refractivity contribution >= 4 is 6.09 Å². The third-order valence-corrected chi connectivity index (χ3v) is 4.84. The van der Waals surface area contributed by atoms with Gasteiger partial charge in [0.15, 0.2) is 0 Å². The van der Waals surface area contributed by atoms with Gasteiger partial charge >= 0.3 is 6.09 Å². The predicted molar refractivity (Wildman–Crippen MR) is 70.3 cm³/mol. The molecule has 2 heterocycles. The molecule has 4 bridgehead atoms. The Kier molecular flexibility index (Phi) is 2.49. The number of amides is 1. The lowest BCUT2D eigenvalue weighted by molar-refractivity contribution is -0.0995. The summed E-state index contributed by atoms with van der Waals surface area (Å²) in [7, 11) is 0. The third kappa shape index (κ3) is 2.02. The Hall–Kier alpha value is -0.730. The first kappa shape index (κ1) is 12.3. The standard InChI is InChI=1S/C15H25NO2/c1-14(2,3)18-13(17)16-11-5-10-6-12(16)9-15(4,7-10)8-11/h10-12H,5-9H2,1-4H3. The Labute approximate surface area is 110 Å². The molecule has 2 aliphatic carbocycles. The van der Waals surface area contributed by atoms with Crippen LogP contribution in [0.25, 0.3) is 0 Å². The number of nitrogens with zero attached hydrogens (tertiary/aromatic N) is 1. The number of piperidine rings is 2. The molecular formula is C15H25NO2. The van der Waals surface area contributed by atoms with Gasteiger partial charge in [0.1, 0.15) is 5.60 Å². The summed E-state index contributed by atoms with van der Waals surface area (Å²) in [6.07, 6.45) is 6.05. The molecule has 0 aromatic carbocycles. The molecule has 102 valence electrons. The van der Waals surface area contributed by atoms with Crippen molar-refractivity contribution in [3.63, 3.8) is 0 Å². The van der Waals surface area contributed by atoms with Crippen molar-refractivity contribution < 1.29 is 9.53 Å². The zero-order valence-corrected chi connectivity index (χ0v) is 12.0. The van der Waals surface area contributed by atoms with E-state index in [0.717, 1.165) is 5.92 Å². The maximum Gasteiger partial charge on any atom is 0.410 e. The molecule has 3 heteroatoms. The van der Waals surface area contributed by atoms with Crippen LogP contribution in [0.5, 0.6) is 0 Å². The van der Waals surface area contributed by atoms with Crippen LogP contribution in [-0.2, 0) is 4.74 Å². The molecule has 18 heavy (non-hydrogen) atoms. The zero-order valence-electron chi connectivity index (χ0n) is 12.0. The molecule has 2 saturated heterocycles. The number of carbonyl (C=O) groups is 1. The highest BCUT2D eigenvalue weighted by Gasteiger charge is 2.54. The lowest BCUT2D eigenvalue weighted by Crippen LogP contribution is -2.63. The second-order valence-corrected chi connectivity index (χ2v) is 7.96. The predicted octanol–water partition coefficient (Wildman–Crippen LogP) is 3.57. The van der Waals surface area contributed by atoms with Crippen molar-refractivity contribution in [2.75, 3.05) is 0 Å². The minimum Gasteiger partial charge on any atom is -0.444 e. The van der Waals surface area contributed by atoms with Crippen molar-refractivity contribution in [3.05, 3.63) is 0 Å². The monoisotopic (exact) mass is 251 g/mol. The Morgan fingerprint density at radius 2 is 1.72 bits per heavy atom. The molecule has 4 aliphatic rings. The number of carbonyl (C=O) groups excluding carboxylic acids is 1. The summed E-state index contributed by atoms with van der Waals surface area (Å²) in [4.78, 5) is 14.4. The second-order valence-electron chi connectivity index (χ2n) is 7.96. The first-order valence-corrected chi connectivity index (χ1v) is 7.27. The highest BCUT2D eigenvalue weighted by atomic mass is 16.6. The molecular weight excluding hydrogens is 226 g/mol. The SMILES string of the molecule is CC12CC3CC(C1)N(C(=O)OC(C)(C)C)C(C3)C2. The molecule has 2 aliphatic heterocycles. The van der Waals surface area contributed by atoms with E-state index in [9.17, 15) is 4.79 Å². The number of hydrogen-bond acceptors (Lipinski definition) is 2. The van der Waals surface area contributed by atoms with Crippen molar-refractivity contribution in [2.24, 2.45) is 11.3 Å². The van der Waals surface area contributed by atoms with Crippen molar-refractivity contribution in [1.29, 1.82) is 0 Å². The summed E-state index contributed by atoms with van der Waals surface area (Å²) in [5, 5.41) is 0. The highest BCUT2D eigenvalue weighted by Crippen LogP contribution is 2.55. The number of hydrogen-bond donors (Lipinski definition) is 0. The zero-order chi connectivity index (χ0) is 13.1. The molecule has 4 fully saturated rings. The van der Waals surface area contributed by atoms with Gasteiger partial charge in [-0.05, 0) is 64.2 Å².